The molecule has 29 heavy (non-hydrogen) atoms. The summed E-state index contributed by atoms with van der Waals surface area (Å²) in [5, 5.41) is 7.94. The lowest BCUT2D eigenvalue weighted by atomic mass is 9.91. The molecule has 1 amide bonds. The highest BCUT2D eigenvalue weighted by Crippen LogP contribution is 2.46. The zero-order valence-electron chi connectivity index (χ0n) is 15.5. The second-order valence-electron chi connectivity index (χ2n) is 7.53. The molecule has 6 nitrogen and oxygen atoms in total. The molecule has 2 aliphatic rings. The van der Waals surface area contributed by atoms with Crippen LogP contribution in [0, 0.1) is 17.8 Å². The summed E-state index contributed by atoms with van der Waals surface area (Å²) in [7, 11) is 0. The lowest BCUT2D eigenvalue weighted by molar-refractivity contribution is -0.141. The number of nitrogens with one attached hydrogen (secondary N) is 2. The number of carbonyl (C=O) groups excluding carboxylic acids is 1. The SMILES string of the molecule is O=C(NC[C@H]1C[C@@H]2CN[C@H](c3cccc(C(F)(F)F)n3)[C@H]2C1)OCc1cscn1. The Bertz CT molecular complexity index is 846. The van der Waals surface area contributed by atoms with Gasteiger partial charge in [0, 0.05) is 11.9 Å². The van der Waals surface area contributed by atoms with Gasteiger partial charge < -0.3 is 15.4 Å². The van der Waals surface area contributed by atoms with Crippen LogP contribution in [0.15, 0.2) is 29.1 Å². The molecule has 0 unspecified atom stereocenters. The summed E-state index contributed by atoms with van der Waals surface area (Å²) in [5.74, 6) is 0.852. The van der Waals surface area contributed by atoms with E-state index in [9.17, 15) is 18.0 Å². The number of fused-ring (bicyclic) bond motifs is 1. The number of hydrogen-bond acceptors (Lipinski definition) is 6. The highest BCUT2D eigenvalue weighted by atomic mass is 32.1. The molecular weight excluding hydrogens is 405 g/mol. The Morgan fingerprint density at radius 3 is 2.97 bits per heavy atom. The van der Waals surface area contributed by atoms with Crippen LogP contribution < -0.4 is 10.6 Å². The predicted octanol–water partition coefficient (Wildman–Crippen LogP) is 3.77. The number of alkyl halides is 3. The zero-order chi connectivity index (χ0) is 20.4. The van der Waals surface area contributed by atoms with E-state index >= 15 is 0 Å². The van der Waals surface area contributed by atoms with Gasteiger partial charge in [0.1, 0.15) is 12.3 Å². The number of thiazole rings is 1. The third-order valence-corrected chi connectivity index (χ3v) is 6.26. The van der Waals surface area contributed by atoms with Crippen molar-refractivity contribution < 1.29 is 22.7 Å². The molecule has 156 valence electrons. The van der Waals surface area contributed by atoms with Crippen molar-refractivity contribution in [2.45, 2.75) is 31.7 Å². The third-order valence-electron chi connectivity index (χ3n) is 5.62. The van der Waals surface area contributed by atoms with Crippen molar-refractivity contribution in [3.63, 3.8) is 0 Å². The summed E-state index contributed by atoms with van der Waals surface area (Å²) >= 11 is 1.44. The minimum absolute atomic E-state index is 0.137. The van der Waals surface area contributed by atoms with Crippen LogP contribution in [-0.4, -0.2) is 29.2 Å². The van der Waals surface area contributed by atoms with E-state index in [1.54, 1.807) is 11.6 Å². The normalized spacial score (nSPS) is 26.3. The first kappa shape index (κ1) is 20.1. The van der Waals surface area contributed by atoms with Crippen molar-refractivity contribution in [3.8, 4) is 0 Å². The number of amides is 1. The smallest absolute Gasteiger partial charge is 0.433 e. The van der Waals surface area contributed by atoms with Gasteiger partial charge in [0.2, 0.25) is 0 Å². The number of halogens is 3. The van der Waals surface area contributed by atoms with Gasteiger partial charge in [-0.2, -0.15) is 13.2 Å². The zero-order valence-corrected chi connectivity index (χ0v) is 16.3. The van der Waals surface area contributed by atoms with E-state index < -0.39 is 18.0 Å². The molecule has 1 aliphatic heterocycles. The van der Waals surface area contributed by atoms with Gasteiger partial charge in [-0.15, -0.1) is 11.3 Å². The third kappa shape index (κ3) is 4.69. The standard InChI is InChI=1S/C19H21F3N4O2S/c20-19(21,22)16-3-1-2-15(26-16)17-14-5-11(4-12(14)7-23-17)6-24-18(27)28-8-13-9-29-10-25-13/h1-3,9-12,14,17,23H,4-8H2,(H,24,27)/t11-,12+,14-,17-/m0/s1. The van der Waals surface area contributed by atoms with Crippen LogP contribution in [0.3, 0.4) is 0 Å². The lowest BCUT2D eigenvalue weighted by Crippen LogP contribution is -2.30. The molecule has 0 bridgehead atoms. The molecule has 10 heteroatoms. The summed E-state index contributed by atoms with van der Waals surface area (Å²) < 4.78 is 44.1. The molecule has 0 spiro atoms. The molecule has 4 atom stereocenters. The molecule has 1 saturated carbocycles. The van der Waals surface area contributed by atoms with E-state index in [1.807, 2.05) is 5.38 Å². The van der Waals surface area contributed by atoms with Gasteiger partial charge in [-0.3, -0.25) is 0 Å². The van der Waals surface area contributed by atoms with Gasteiger partial charge in [-0.05, 0) is 49.3 Å². The van der Waals surface area contributed by atoms with Crippen LogP contribution in [0.2, 0.25) is 0 Å². The van der Waals surface area contributed by atoms with Crippen molar-refractivity contribution in [1.29, 1.82) is 0 Å². The monoisotopic (exact) mass is 426 g/mol. The van der Waals surface area contributed by atoms with Crippen LogP contribution in [-0.2, 0) is 17.5 Å². The van der Waals surface area contributed by atoms with E-state index in [-0.39, 0.29) is 24.5 Å². The van der Waals surface area contributed by atoms with Crippen molar-refractivity contribution in [1.82, 2.24) is 20.6 Å². The molecule has 4 rings (SSSR count). The fourth-order valence-electron chi connectivity index (χ4n) is 4.35. The Kier molecular flexibility index (Phi) is 5.73. The Balaban J connectivity index is 1.30. The van der Waals surface area contributed by atoms with E-state index in [1.165, 1.54) is 17.4 Å². The van der Waals surface area contributed by atoms with Crippen molar-refractivity contribution in [2.24, 2.45) is 17.8 Å². The van der Waals surface area contributed by atoms with Crippen LogP contribution in [0.5, 0.6) is 0 Å². The number of hydrogen-bond donors (Lipinski definition) is 2. The van der Waals surface area contributed by atoms with Gasteiger partial charge in [0.15, 0.2) is 0 Å². The summed E-state index contributed by atoms with van der Waals surface area (Å²) in [5.41, 5.74) is 1.96. The first-order valence-electron chi connectivity index (χ1n) is 9.45. The maximum Gasteiger partial charge on any atom is 0.433 e. The van der Waals surface area contributed by atoms with Crippen molar-refractivity contribution in [3.05, 3.63) is 46.2 Å². The number of pyridine rings is 1. The molecule has 2 aromatic heterocycles. The highest BCUT2D eigenvalue weighted by Gasteiger charge is 2.44. The highest BCUT2D eigenvalue weighted by molar-refractivity contribution is 7.07. The predicted molar refractivity (Wildman–Crippen MR) is 100.0 cm³/mol. The summed E-state index contributed by atoms with van der Waals surface area (Å²) in [6.45, 7) is 1.38. The molecule has 2 N–H and O–H groups in total. The number of carbonyl (C=O) groups is 1. The van der Waals surface area contributed by atoms with Crippen molar-refractivity contribution in [2.75, 3.05) is 13.1 Å². The van der Waals surface area contributed by atoms with Crippen LogP contribution in [0.1, 0.15) is 36.0 Å². The maximum atomic E-state index is 13.0. The molecular formula is C19H21F3N4O2S. The average molecular weight is 426 g/mol. The van der Waals surface area contributed by atoms with Gasteiger partial charge in [0.05, 0.1) is 22.9 Å². The van der Waals surface area contributed by atoms with E-state index in [0.717, 1.165) is 25.5 Å². The van der Waals surface area contributed by atoms with Crippen LogP contribution >= 0.6 is 11.3 Å². The van der Waals surface area contributed by atoms with Gasteiger partial charge in [-0.25, -0.2) is 14.8 Å². The number of alkyl carbamates (subject to hydrolysis) is 1. The largest absolute Gasteiger partial charge is 0.443 e. The Morgan fingerprint density at radius 1 is 1.34 bits per heavy atom. The average Bonchev–Trinajstić information content (AvgIpc) is 3.41. The van der Waals surface area contributed by atoms with Gasteiger partial charge in [-0.1, -0.05) is 6.07 Å². The summed E-state index contributed by atoms with van der Waals surface area (Å²) in [6, 6.07) is 3.86. The molecule has 1 saturated heterocycles. The number of rotatable bonds is 5. The molecule has 2 fully saturated rings. The topological polar surface area (TPSA) is 76.1 Å². The minimum Gasteiger partial charge on any atom is -0.443 e. The Morgan fingerprint density at radius 2 is 2.21 bits per heavy atom. The first-order chi connectivity index (χ1) is 13.9. The molecule has 2 aromatic rings. The van der Waals surface area contributed by atoms with E-state index in [4.69, 9.17) is 4.74 Å². The van der Waals surface area contributed by atoms with Crippen LogP contribution in [0.25, 0.3) is 0 Å². The summed E-state index contributed by atoms with van der Waals surface area (Å²) in [6.07, 6.45) is -3.19. The lowest BCUT2D eigenvalue weighted by Gasteiger charge is -2.20. The number of nitrogens with zero attached hydrogens (tertiary/aromatic N) is 2. The fraction of sp³-hybridized carbons (Fsp3) is 0.526. The molecule has 0 radical (unpaired) electrons. The van der Waals surface area contributed by atoms with Gasteiger partial charge in [0.25, 0.3) is 0 Å². The van der Waals surface area contributed by atoms with Crippen LogP contribution in [0.4, 0.5) is 18.0 Å². The Hall–Kier alpha value is -2.20. The second-order valence-corrected chi connectivity index (χ2v) is 8.25. The van der Waals surface area contributed by atoms with E-state index in [0.29, 0.717) is 23.9 Å². The van der Waals surface area contributed by atoms with E-state index in [2.05, 4.69) is 20.6 Å². The molecule has 1 aliphatic carbocycles. The molecule has 3 heterocycles. The number of aromatic nitrogens is 2. The van der Waals surface area contributed by atoms with Gasteiger partial charge >= 0.3 is 12.3 Å². The summed E-state index contributed by atoms with van der Waals surface area (Å²) in [4.78, 5) is 19.8. The number of ether oxygens (including phenoxy) is 1. The first-order valence-corrected chi connectivity index (χ1v) is 10.4. The quantitative estimate of drug-likeness (QED) is 0.761. The molecule has 0 aromatic carbocycles. The second kappa shape index (κ2) is 8.27. The fourth-order valence-corrected chi connectivity index (χ4v) is 4.89. The maximum absolute atomic E-state index is 13.0. The van der Waals surface area contributed by atoms with Crippen molar-refractivity contribution >= 4 is 17.4 Å². The Labute approximate surface area is 169 Å². The minimum atomic E-state index is -4.45.